The molecular weight excluding hydrogens is 102 g/mol. The molecule has 4 heteroatoms. The first-order valence-electron chi connectivity index (χ1n) is 2.24. The van der Waals surface area contributed by atoms with Crippen LogP contribution in [-0.2, 0) is 0 Å². The minimum atomic E-state index is -1.35. The molecule has 2 nitrogen and oxygen atoms in total. The highest BCUT2D eigenvalue weighted by atomic mass is 16.4. The number of hydrogen-bond donors (Lipinski definition) is 2. The quantitative estimate of drug-likeness (QED) is 0.424. The van der Waals surface area contributed by atoms with Crippen LogP contribution in [-0.4, -0.2) is 25.0 Å². The second kappa shape index (κ2) is 9.73. The zero-order valence-electron chi connectivity index (χ0n) is 5.04. The molecule has 0 spiro atoms. The Labute approximate surface area is 51.1 Å². The second-order valence-electron chi connectivity index (χ2n) is 1.06. The van der Waals surface area contributed by atoms with Crippen molar-refractivity contribution in [3.63, 3.8) is 0 Å². The Morgan fingerprint density at radius 2 is 1.50 bits per heavy atom. The maximum atomic E-state index is 7.80. The smallest absolute Gasteiger partial charge is 0.424 e. The average molecular weight is 112 g/mol. The van der Waals surface area contributed by atoms with Gasteiger partial charge in [0, 0.05) is 0 Å². The van der Waals surface area contributed by atoms with Crippen molar-refractivity contribution >= 4 is 15.0 Å². The van der Waals surface area contributed by atoms with Gasteiger partial charge in [-0.3, -0.25) is 0 Å². The summed E-state index contributed by atoms with van der Waals surface area (Å²) in [5.74, 6) is 2.78. The van der Waals surface area contributed by atoms with Crippen LogP contribution in [0.4, 0.5) is 0 Å². The Balaban J connectivity index is 0. The van der Waals surface area contributed by atoms with E-state index in [-0.39, 0.29) is 0 Å². The third kappa shape index (κ3) is 48.5. The molecule has 0 aliphatic carbocycles. The van der Waals surface area contributed by atoms with Crippen LogP contribution in [0.5, 0.6) is 0 Å². The number of rotatable bonds is 1. The molecule has 0 aliphatic rings. The van der Waals surface area contributed by atoms with Gasteiger partial charge in [-0.25, -0.2) is 0 Å². The molecule has 2 N–H and O–H groups in total. The van der Waals surface area contributed by atoms with Gasteiger partial charge in [0.15, 0.2) is 0 Å². The average Bonchev–Trinajstić information content (AvgIpc) is 1.69. The summed E-state index contributed by atoms with van der Waals surface area (Å²) in [5.41, 5.74) is 0. The molecule has 0 aromatic heterocycles. The summed E-state index contributed by atoms with van der Waals surface area (Å²) < 4.78 is 0. The molecule has 0 radical (unpaired) electrons. The van der Waals surface area contributed by atoms with Gasteiger partial charge in [-0.2, -0.15) is 0 Å². The van der Waals surface area contributed by atoms with E-state index in [2.05, 4.69) is 13.2 Å². The molecule has 0 aromatic rings. The predicted octanol–water partition coefficient (Wildman–Crippen LogP) is -1.05. The predicted molar refractivity (Wildman–Crippen MR) is 39.1 cm³/mol. The highest BCUT2D eigenvalue weighted by Crippen LogP contribution is 1.60. The molecule has 44 valence electrons. The molecule has 8 heavy (non-hydrogen) atoms. The van der Waals surface area contributed by atoms with Crippen LogP contribution in [0, 0.1) is 0 Å². The highest BCUT2D eigenvalue weighted by Gasteiger charge is 1.92. The molecule has 0 bridgehead atoms. The van der Waals surface area contributed by atoms with Crippen molar-refractivity contribution in [1.82, 2.24) is 0 Å². The van der Waals surface area contributed by atoms with Crippen LogP contribution >= 0.6 is 0 Å². The van der Waals surface area contributed by atoms with E-state index in [1.165, 1.54) is 0 Å². The molecule has 0 saturated heterocycles. The fourth-order valence-corrected chi connectivity index (χ4v) is 0. The first-order chi connectivity index (χ1) is 3.68. The Morgan fingerprint density at radius 3 is 1.50 bits per heavy atom. The van der Waals surface area contributed by atoms with Gasteiger partial charge in [0.1, 0.15) is 7.85 Å². The molecule has 0 fully saturated rings. The Morgan fingerprint density at radius 1 is 1.38 bits per heavy atom. The third-order valence-corrected chi connectivity index (χ3v) is 0.211. The topological polar surface area (TPSA) is 40.5 Å². The zero-order valence-corrected chi connectivity index (χ0v) is 5.04. The second-order valence-corrected chi connectivity index (χ2v) is 1.06. The summed E-state index contributed by atoms with van der Waals surface area (Å²) >= 11 is 0. The van der Waals surface area contributed by atoms with Gasteiger partial charge in [-0.1, -0.05) is 5.98 Å². The van der Waals surface area contributed by atoms with Crippen LogP contribution in [0.15, 0.2) is 25.1 Å². The monoisotopic (exact) mass is 112 g/mol. The lowest BCUT2D eigenvalue weighted by molar-refractivity contribution is 0.424. The minimum absolute atomic E-state index is 1.03. The summed E-state index contributed by atoms with van der Waals surface area (Å²) in [7, 11) is 0.537. The lowest BCUT2D eigenvalue weighted by Gasteiger charge is -1.75. The fourth-order valence-electron chi connectivity index (χ4n) is 0. The highest BCUT2D eigenvalue weighted by molar-refractivity contribution is 6.47. The van der Waals surface area contributed by atoms with Gasteiger partial charge in [-0.05, 0) is 0 Å². The molecule has 0 aromatic carbocycles. The molecule has 0 aliphatic heterocycles. The minimum Gasteiger partial charge on any atom is -0.424 e. The third-order valence-electron chi connectivity index (χ3n) is 0.211. The Kier molecular flexibility index (Phi) is 12.8. The van der Waals surface area contributed by atoms with Gasteiger partial charge in [0.25, 0.3) is 0 Å². The van der Waals surface area contributed by atoms with E-state index < -0.39 is 7.12 Å². The van der Waals surface area contributed by atoms with E-state index in [0.717, 1.165) is 5.98 Å². The van der Waals surface area contributed by atoms with Crippen LogP contribution in [0.25, 0.3) is 0 Å². The first-order valence-corrected chi connectivity index (χ1v) is 2.24. The first kappa shape index (κ1) is 10.5. The van der Waals surface area contributed by atoms with Crippen molar-refractivity contribution < 1.29 is 10.0 Å². The van der Waals surface area contributed by atoms with Crippen molar-refractivity contribution in [2.24, 2.45) is 0 Å². The summed E-state index contributed by atoms with van der Waals surface area (Å²) in [5, 5.41) is 15.6. The van der Waals surface area contributed by atoms with Gasteiger partial charge in [0.05, 0.1) is 0 Å². The van der Waals surface area contributed by atoms with E-state index in [1.54, 1.807) is 5.98 Å². The molecule has 0 rings (SSSR count). The van der Waals surface area contributed by atoms with E-state index >= 15 is 0 Å². The van der Waals surface area contributed by atoms with Crippen LogP contribution in [0.3, 0.4) is 0 Å². The summed E-state index contributed by atoms with van der Waals surface area (Å²) in [6.07, 6.45) is 0. The van der Waals surface area contributed by atoms with Gasteiger partial charge >= 0.3 is 7.12 Å². The van der Waals surface area contributed by atoms with E-state index in [9.17, 15) is 0 Å². The van der Waals surface area contributed by atoms with Crippen LogP contribution in [0.2, 0.25) is 0 Å². The zero-order chi connectivity index (χ0) is 6.99. The van der Waals surface area contributed by atoms with Crippen LogP contribution in [0.1, 0.15) is 0 Å². The summed E-state index contributed by atoms with van der Waals surface area (Å²) in [6, 6.07) is 0. The van der Waals surface area contributed by atoms with Gasteiger partial charge < -0.3 is 10.0 Å². The molecule has 0 atom stereocenters. The van der Waals surface area contributed by atoms with Gasteiger partial charge in [-0.15, -0.1) is 19.1 Å². The maximum absolute atomic E-state index is 7.80. The van der Waals surface area contributed by atoms with Crippen molar-refractivity contribution in [3.8, 4) is 0 Å². The van der Waals surface area contributed by atoms with Crippen molar-refractivity contribution in [1.29, 1.82) is 0 Å². The normalized spacial score (nSPS) is 5.75. The standard InChI is InChI=1S/C2H5BO2.C2H5B/c1-2-3(4)5;1-2-3/h2,4-5H,1H2;2H,1,3H2. The summed E-state index contributed by atoms with van der Waals surface area (Å²) in [6.45, 7) is 6.42. The number of hydrogen-bond acceptors (Lipinski definition) is 2. The fraction of sp³-hybridized carbons (Fsp3) is 0. The Bertz CT molecular complexity index is 63.1. The molecule has 0 unspecified atom stereocenters. The van der Waals surface area contributed by atoms with Crippen molar-refractivity contribution in [2.75, 3.05) is 0 Å². The molecule has 0 heterocycles. The van der Waals surface area contributed by atoms with E-state index in [4.69, 9.17) is 10.0 Å². The van der Waals surface area contributed by atoms with E-state index in [0.29, 0.717) is 0 Å². The van der Waals surface area contributed by atoms with Gasteiger partial charge in [0.2, 0.25) is 0 Å². The lowest BCUT2D eigenvalue weighted by atomic mass is 9.94. The van der Waals surface area contributed by atoms with E-state index in [1.807, 2.05) is 7.85 Å². The SMILES string of the molecule is BC=C.C=CB(O)O. The van der Waals surface area contributed by atoms with Crippen LogP contribution < -0.4 is 0 Å². The van der Waals surface area contributed by atoms with Crippen molar-refractivity contribution in [2.45, 2.75) is 0 Å². The van der Waals surface area contributed by atoms with Crippen molar-refractivity contribution in [3.05, 3.63) is 25.1 Å². The Hall–Kier alpha value is -0.470. The lowest BCUT2D eigenvalue weighted by Crippen LogP contribution is -2.03. The molecule has 0 amide bonds. The summed E-state index contributed by atoms with van der Waals surface area (Å²) in [4.78, 5) is 0. The maximum Gasteiger partial charge on any atom is 0.480 e. The molecule has 0 saturated carbocycles. The molecular formula is C4H10B2O2. The largest absolute Gasteiger partial charge is 0.480 e.